The number of nitrogens with zero attached hydrogens (tertiary/aromatic N) is 2. The van der Waals surface area contributed by atoms with E-state index in [1.807, 2.05) is 12.4 Å². The molecule has 1 atom stereocenters. The molecule has 2 heterocycles. The van der Waals surface area contributed by atoms with E-state index < -0.39 is 0 Å². The Labute approximate surface area is 114 Å². The van der Waals surface area contributed by atoms with Gasteiger partial charge < -0.3 is 14.8 Å². The molecule has 0 bridgehead atoms. The van der Waals surface area contributed by atoms with E-state index in [1.54, 1.807) is 0 Å². The van der Waals surface area contributed by atoms with Crippen LogP contribution >= 0.6 is 0 Å². The predicted molar refractivity (Wildman–Crippen MR) is 77.2 cm³/mol. The minimum Gasteiger partial charge on any atom is -0.394 e. The number of fused-ring (bicyclic) bond motifs is 1. The van der Waals surface area contributed by atoms with E-state index >= 15 is 0 Å². The molecule has 0 spiro atoms. The van der Waals surface area contributed by atoms with Gasteiger partial charge in [-0.15, -0.1) is 0 Å². The average Bonchev–Trinajstić information content (AvgIpc) is 2.79. The van der Waals surface area contributed by atoms with Gasteiger partial charge in [0, 0.05) is 18.3 Å². The fourth-order valence-corrected chi connectivity index (χ4v) is 2.34. The fourth-order valence-electron chi connectivity index (χ4n) is 2.34. The van der Waals surface area contributed by atoms with Crippen molar-refractivity contribution < 1.29 is 5.11 Å². The Morgan fingerprint density at radius 1 is 1.47 bits per heavy atom. The lowest BCUT2D eigenvalue weighted by Crippen LogP contribution is -2.45. The van der Waals surface area contributed by atoms with Crippen LogP contribution in [0, 0.1) is 6.92 Å². The third kappa shape index (κ3) is 3.14. The summed E-state index contributed by atoms with van der Waals surface area (Å²) in [5.41, 5.74) is 3.08. The zero-order chi connectivity index (χ0) is 13.9. The predicted octanol–water partition coefficient (Wildman–Crippen LogP) is 2.28. The fraction of sp³-hybridized carbons (Fsp3) is 0.533. The van der Waals surface area contributed by atoms with E-state index in [4.69, 9.17) is 0 Å². The molecule has 0 fully saturated rings. The number of nitrogens with one attached hydrogen (secondary N) is 1. The molecule has 2 aromatic rings. The molecule has 2 N–H and O–H groups in total. The maximum Gasteiger partial charge on any atom is 0.137 e. The Hall–Kier alpha value is -1.39. The van der Waals surface area contributed by atoms with Crippen molar-refractivity contribution in [3.8, 4) is 0 Å². The highest BCUT2D eigenvalue weighted by Gasteiger charge is 2.21. The van der Waals surface area contributed by atoms with E-state index in [0.717, 1.165) is 24.2 Å². The zero-order valence-electron chi connectivity index (χ0n) is 12.0. The van der Waals surface area contributed by atoms with E-state index in [9.17, 15) is 5.11 Å². The second-order valence-corrected chi connectivity index (χ2v) is 5.50. The van der Waals surface area contributed by atoms with Gasteiger partial charge in [-0.2, -0.15) is 0 Å². The lowest BCUT2D eigenvalue weighted by atomic mass is 9.97. The van der Waals surface area contributed by atoms with Crippen LogP contribution in [0.5, 0.6) is 0 Å². The lowest BCUT2D eigenvalue weighted by molar-refractivity contribution is 0.163. The first-order valence-corrected chi connectivity index (χ1v) is 6.86. The van der Waals surface area contributed by atoms with Crippen molar-refractivity contribution in [2.45, 2.75) is 45.7 Å². The third-order valence-electron chi connectivity index (χ3n) is 3.59. The molecule has 2 aromatic heterocycles. The maximum atomic E-state index is 9.51. The molecular weight excluding hydrogens is 238 g/mol. The summed E-state index contributed by atoms with van der Waals surface area (Å²) in [6, 6.07) is 4.15. The number of aliphatic hydroxyl groups is 1. The van der Waals surface area contributed by atoms with Crippen LogP contribution in [-0.4, -0.2) is 26.6 Å². The molecule has 4 nitrogen and oxygen atoms in total. The highest BCUT2D eigenvalue weighted by molar-refractivity contribution is 5.42. The number of imidazole rings is 1. The van der Waals surface area contributed by atoms with Crippen LogP contribution < -0.4 is 5.32 Å². The molecule has 0 aromatic carbocycles. The summed E-state index contributed by atoms with van der Waals surface area (Å²) >= 11 is 0. The number of rotatable bonds is 6. The molecule has 0 saturated carbocycles. The molecule has 0 radical (unpaired) electrons. The van der Waals surface area contributed by atoms with Gasteiger partial charge in [0.1, 0.15) is 5.65 Å². The van der Waals surface area contributed by atoms with Crippen LogP contribution in [0.15, 0.2) is 24.5 Å². The molecule has 0 aliphatic heterocycles. The van der Waals surface area contributed by atoms with Crippen LogP contribution in [0.4, 0.5) is 0 Å². The molecule has 0 aliphatic carbocycles. The largest absolute Gasteiger partial charge is 0.394 e. The van der Waals surface area contributed by atoms with Gasteiger partial charge in [0.05, 0.1) is 18.5 Å². The van der Waals surface area contributed by atoms with Crippen LogP contribution in [0.2, 0.25) is 0 Å². The smallest absolute Gasteiger partial charge is 0.137 e. The van der Waals surface area contributed by atoms with Crippen LogP contribution in [0.1, 0.15) is 37.9 Å². The zero-order valence-corrected chi connectivity index (χ0v) is 12.0. The number of hydrogen-bond acceptors (Lipinski definition) is 3. The maximum absolute atomic E-state index is 9.51. The molecule has 0 aliphatic rings. The number of pyridine rings is 1. The van der Waals surface area contributed by atoms with E-state index in [-0.39, 0.29) is 12.1 Å². The summed E-state index contributed by atoms with van der Waals surface area (Å²) in [5.74, 6) is 0. The molecule has 104 valence electrons. The summed E-state index contributed by atoms with van der Waals surface area (Å²) < 4.78 is 2.09. The summed E-state index contributed by atoms with van der Waals surface area (Å²) in [7, 11) is 0. The summed E-state index contributed by atoms with van der Waals surface area (Å²) in [6.45, 7) is 7.12. The quantitative estimate of drug-likeness (QED) is 0.838. The summed E-state index contributed by atoms with van der Waals surface area (Å²) in [4.78, 5) is 4.41. The van der Waals surface area contributed by atoms with Gasteiger partial charge in [-0.25, -0.2) is 4.98 Å². The van der Waals surface area contributed by atoms with Crippen LogP contribution in [0.25, 0.3) is 5.65 Å². The van der Waals surface area contributed by atoms with Gasteiger partial charge in [0.15, 0.2) is 0 Å². The van der Waals surface area contributed by atoms with Gasteiger partial charge in [0.2, 0.25) is 0 Å². The van der Waals surface area contributed by atoms with Crippen molar-refractivity contribution in [3.63, 3.8) is 0 Å². The molecule has 0 unspecified atom stereocenters. The molecule has 2 rings (SSSR count). The van der Waals surface area contributed by atoms with Crippen LogP contribution in [0.3, 0.4) is 0 Å². The van der Waals surface area contributed by atoms with E-state index in [2.05, 4.69) is 47.6 Å². The minimum atomic E-state index is -0.219. The number of hydrogen-bond donors (Lipinski definition) is 2. The highest BCUT2D eigenvalue weighted by atomic mass is 16.3. The lowest BCUT2D eigenvalue weighted by Gasteiger charge is -2.28. The summed E-state index contributed by atoms with van der Waals surface area (Å²) in [6.07, 6.45) is 5.95. The normalized spacial score (nSPS) is 14.7. The Bertz CT molecular complexity index is 549. The molecule has 0 saturated heterocycles. The Morgan fingerprint density at radius 3 is 2.95 bits per heavy atom. The van der Waals surface area contributed by atoms with E-state index in [0.29, 0.717) is 6.54 Å². The highest BCUT2D eigenvalue weighted by Crippen LogP contribution is 2.14. The first-order valence-electron chi connectivity index (χ1n) is 6.86. The Morgan fingerprint density at radius 2 is 2.26 bits per heavy atom. The van der Waals surface area contributed by atoms with Gasteiger partial charge >= 0.3 is 0 Å². The van der Waals surface area contributed by atoms with Crippen molar-refractivity contribution in [1.82, 2.24) is 14.7 Å². The summed E-state index contributed by atoms with van der Waals surface area (Å²) in [5, 5.41) is 13.0. The van der Waals surface area contributed by atoms with Crippen molar-refractivity contribution in [2.24, 2.45) is 0 Å². The first-order chi connectivity index (χ1) is 9.08. The molecule has 0 amide bonds. The van der Waals surface area contributed by atoms with Crippen LogP contribution in [-0.2, 0) is 6.54 Å². The number of aromatic nitrogens is 2. The van der Waals surface area contributed by atoms with Gasteiger partial charge in [-0.1, -0.05) is 13.3 Å². The topological polar surface area (TPSA) is 49.6 Å². The van der Waals surface area contributed by atoms with Gasteiger partial charge in [0.25, 0.3) is 0 Å². The molecule has 19 heavy (non-hydrogen) atoms. The number of aliphatic hydroxyl groups excluding tert-OH is 1. The van der Waals surface area contributed by atoms with Gasteiger partial charge in [-0.3, -0.25) is 0 Å². The van der Waals surface area contributed by atoms with Crippen molar-refractivity contribution in [2.75, 3.05) is 6.61 Å². The van der Waals surface area contributed by atoms with Crippen molar-refractivity contribution >= 4 is 5.65 Å². The standard InChI is InChI=1S/C15H23N3O/c1-4-6-15(3,11-19)17-10-13-9-16-14-8-12(2)5-7-18(13)14/h5,7-9,17,19H,4,6,10-11H2,1-3H3/t15-/m0/s1. The monoisotopic (exact) mass is 261 g/mol. The van der Waals surface area contributed by atoms with Crippen molar-refractivity contribution in [1.29, 1.82) is 0 Å². The third-order valence-corrected chi connectivity index (χ3v) is 3.59. The Kier molecular flexibility index (Phi) is 4.22. The van der Waals surface area contributed by atoms with Gasteiger partial charge in [-0.05, 0) is 38.0 Å². The Balaban J connectivity index is 2.13. The minimum absolute atomic E-state index is 0.149. The average molecular weight is 261 g/mol. The van der Waals surface area contributed by atoms with Crippen molar-refractivity contribution in [3.05, 3.63) is 35.8 Å². The number of aryl methyl sites for hydroxylation is 1. The SMILES string of the molecule is CCC[C@@](C)(CO)NCc1cnc2cc(C)ccn12. The van der Waals surface area contributed by atoms with E-state index in [1.165, 1.54) is 5.56 Å². The first kappa shape index (κ1) is 14.0. The molecule has 4 heteroatoms. The second kappa shape index (κ2) is 5.72. The second-order valence-electron chi connectivity index (χ2n) is 5.50. The molecular formula is C15H23N3O.